The van der Waals surface area contributed by atoms with Crippen molar-refractivity contribution in [1.29, 1.82) is 0 Å². The van der Waals surface area contributed by atoms with Crippen LogP contribution in [0.4, 0.5) is 5.69 Å². The Morgan fingerprint density at radius 1 is 1.10 bits per heavy atom. The molecule has 0 heterocycles. The summed E-state index contributed by atoms with van der Waals surface area (Å²) in [4.78, 5) is 26.5. The molecule has 8 heteroatoms. The second-order valence-electron chi connectivity index (χ2n) is 7.14. The van der Waals surface area contributed by atoms with E-state index in [9.17, 15) is 18.0 Å². The van der Waals surface area contributed by atoms with E-state index in [1.165, 1.54) is 32.1 Å². The Morgan fingerprint density at radius 3 is 2.37 bits per heavy atom. The van der Waals surface area contributed by atoms with Crippen molar-refractivity contribution in [2.45, 2.75) is 18.7 Å². The zero-order chi connectivity index (χ0) is 22.6. The molecule has 0 bridgehead atoms. The lowest BCUT2D eigenvalue weighted by Gasteiger charge is -2.20. The molecule has 0 aliphatic rings. The maximum atomic E-state index is 12.9. The summed E-state index contributed by atoms with van der Waals surface area (Å²) in [5.74, 6) is 1.63. The normalized spacial score (nSPS) is 11.1. The predicted molar refractivity (Wildman–Crippen MR) is 117 cm³/mol. The summed E-state index contributed by atoms with van der Waals surface area (Å²) in [5, 5.41) is 2.69. The molecule has 0 spiro atoms. The van der Waals surface area contributed by atoms with Crippen LogP contribution in [0.15, 0.2) is 41.3 Å². The third-order valence-corrected chi connectivity index (χ3v) is 6.61. The van der Waals surface area contributed by atoms with Gasteiger partial charge in [0.05, 0.1) is 11.4 Å². The van der Waals surface area contributed by atoms with Crippen molar-refractivity contribution in [3.05, 3.63) is 58.7 Å². The van der Waals surface area contributed by atoms with Crippen LogP contribution in [0.25, 0.3) is 0 Å². The lowest BCUT2D eigenvalue weighted by atomic mass is 10.1. The van der Waals surface area contributed by atoms with Crippen LogP contribution in [0, 0.1) is 26.2 Å². The van der Waals surface area contributed by atoms with Gasteiger partial charge in [0.25, 0.3) is 5.91 Å². The van der Waals surface area contributed by atoms with E-state index in [0.29, 0.717) is 22.4 Å². The Kier molecular flexibility index (Phi) is 7.03. The third kappa shape index (κ3) is 5.06. The van der Waals surface area contributed by atoms with Gasteiger partial charge in [-0.25, -0.2) is 12.7 Å². The molecule has 0 aromatic heterocycles. The summed E-state index contributed by atoms with van der Waals surface area (Å²) in [5.41, 5.74) is 2.60. The van der Waals surface area contributed by atoms with Crippen molar-refractivity contribution in [2.75, 3.05) is 33.0 Å². The van der Waals surface area contributed by atoms with Gasteiger partial charge in [-0.1, -0.05) is 12.0 Å². The molecular weight excluding hydrogens is 402 g/mol. The first-order valence-electron chi connectivity index (χ1n) is 9.13. The van der Waals surface area contributed by atoms with E-state index in [1.54, 1.807) is 44.2 Å². The first kappa shape index (κ1) is 23.1. The average molecular weight is 428 g/mol. The molecule has 7 nitrogen and oxygen atoms in total. The van der Waals surface area contributed by atoms with Crippen LogP contribution >= 0.6 is 0 Å². The van der Waals surface area contributed by atoms with Crippen LogP contribution in [-0.2, 0) is 14.8 Å². The second kappa shape index (κ2) is 9.11. The first-order valence-corrected chi connectivity index (χ1v) is 10.6. The van der Waals surface area contributed by atoms with Crippen LogP contribution in [-0.4, -0.2) is 57.1 Å². The van der Waals surface area contributed by atoms with Crippen molar-refractivity contribution in [2.24, 2.45) is 0 Å². The maximum Gasteiger partial charge on any atom is 0.254 e. The summed E-state index contributed by atoms with van der Waals surface area (Å²) in [6.45, 7) is 3.23. The quantitative estimate of drug-likeness (QED) is 0.717. The Hall–Kier alpha value is -3.15. The van der Waals surface area contributed by atoms with Crippen molar-refractivity contribution < 1.29 is 18.0 Å². The fourth-order valence-electron chi connectivity index (χ4n) is 2.81. The highest BCUT2D eigenvalue weighted by Crippen LogP contribution is 2.24. The summed E-state index contributed by atoms with van der Waals surface area (Å²) >= 11 is 0. The van der Waals surface area contributed by atoms with Gasteiger partial charge in [0.1, 0.15) is 0 Å². The van der Waals surface area contributed by atoms with E-state index in [2.05, 4.69) is 11.2 Å². The van der Waals surface area contributed by atoms with Gasteiger partial charge in [0, 0.05) is 38.0 Å². The van der Waals surface area contributed by atoms with Gasteiger partial charge in [0.15, 0.2) is 0 Å². The number of nitrogens with one attached hydrogen (secondary N) is 1. The molecule has 2 aromatic carbocycles. The standard InChI is InChI=1S/C22H25N3O4S/c1-7-17-9-8-10-19(12-17)23-21(26)14-25(6)22(27)18-11-15(2)16(3)20(13-18)30(28,29)24(4)5/h1,8-13H,14H2,2-6H3,(H,23,26). The molecule has 2 aromatic rings. The summed E-state index contributed by atoms with van der Waals surface area (Å²) in [7, 11) is 0.636. The maximum absolute atomic E-state index is 12.9. The number of carbonyl (C=O) groups is 2. The number of sulfonamides is 1. The number of aryl methyl sites for hydroxylation is 1. The number of likely N-dealkylation sites (N-methyl/N-ethyl adjacent to an activating group) is 1. The Bertz CT molecular complexity index is 1130. The summed E-state index contributed by atoms with van der Waals surface area (Å²) in [6.07, 6.45) is 5.36. The average Bonchev–Trinajstić information content (AvgIpc) is 2.68. The number of terminal acetylenes is 1. The number of anilines is 1. The van der Waals surface area contributed by atoms with Gasteiger partial charge in [-0.3, -0.25) is 9.59 Å². The largest absolute Gasteiger partial charge is 0.332 e. The third-order valence-electron chi connectivity index (χ3n) is 4.67. The van der Waals surface area contributed by atoms with Gasteiger partial charge in [-0.05, 0) is 55.3 Å². The number of rotatable bonds is 6. The van der Waals surface area contributed by atoms with Gasteiger partial charge in [0.2, 0.25) is 15.9 Å². The summed E-state index contributed by atoms with van der Waals surface area (Å²) < 4.78 is 26.3. The lowest BCUT2D eigenvalue weighted by molar-refractivity contribution is -0.116. The SMILES string of the molecule is C#Cc1cccc(NC(=O)CN(C)C(=O)c2cc(C)c(C)c(S(=O)(=O)N(C)C)c2)c1. The molecule has 0 aliphatic heterocycles. The molecule has 2 amide bonds. The van der Waals surface area contributed by atoms with Gasteiger partial charge in [-0.2, -0.15) is 0 Å². The number of amides is 2. The molecule has 0 atom stereocenters. The highest BCUT2D eigenvalue weighted by Gasteiger charge is 2.24. The second-order valence-corrected chi connectivity index (χ2v) is 9.26. The van der Waals surface area contributed by atoms with Crippen LogP contribution in [0.5, 0.6) is 0 Å². The van der Waals surface area contributed by atoms with Crippen molar-refractivity contribution in [3.63, 3.8) is 0 Å². The molecule has 30 heavy (non-hydrogen) atoms. The molecule has 0 radical (unpaired) electrons. The predicted octanol–water partition coefficient (Wildman–Crippen LogP) is 2.25. The fourth-order valence-corrected chi connectivity index (χ4v) is 4.03. The minimum absolute atomic E-state index is 0.0693. The van der Waals surface area contributed by atoms with Crippen molar-refractivity contribution in [1.82, 2.24) is 9.21 Å². The molecule has 0 saturated heterocycles. The molecule has 0 unspecified atom stereocenters. The van der Waals surface area contributed by atoms with E-state index >= 15 is 0 Å². The van der Waals surface area contributed by atoms with E-state index in [0.717, 1.165) is 4.31 Å². The zero-order valence-electron chi connectivity index (χ0n) is 17.7. The Balaban J connectivity index is 2.22. The van der Waals surface area contributed by atoms with Gasteiger partial charge < -0.3 is 10.2 Å². The van der Waals surface area contributed by atoms with Crippen molar-refractivity contribution in [3.8, 4) is 12.3 Å². The van der Waals surface area contributed by atoms with E-state index in [-0.39, 0.29) is 17.0 Å². The molecule has 1 N–H and O–H groups in total. The molecule has 0 fully saturated rings. The van der Waals surface area contributed by atoms with Crippen LogP contribution < -0.4 is 5.32 Å². The number of nitrogens with zero attached hydrogens (tertiary/aromatic N) is 2. The minimum Gasteiger partial charge on any atom is -0.332 e. The summed E-state index contributed by atoms with van der Waals surface area (Å²) in [6, 6.07) is 9.79. The van der Waals surface area contributed by atoms with E-state index < -0.39 is 21.8 Å². The number of hydrogen-bond donors (Lipinski definition) is 1. The van der Waals surface area contributed by atoms with Crippen LogP contribution in [0.3, 0.4) is 0 Å². The fraction of sp³-hybridized carbons (Fsp3) is 0.273. The number of hydrogen-bond acceptors (Lipinski definition) is 4. The highest BCUT2D eigenvalue weighted by atomic mass is 32.2. The Labute approximate surface area is 177 Å². The van der Waals surface area contributed by atoms with Gasteiger partial charge >= 0.3 is 0 Å². The number of benzene rings is 2. The molecule has 158 valence electrons. The minimum atomic E-state index is -3.72. The van der Waals surface area contributed by atoms with Crippen LogP contribution in [0.1, 0.15) is 27.0 Å². The molecule has 2 rings (SSSR count). The number of carbonyl (C=O) groups excluding carboxylic acids is 2. The van der Waals surface area contributed by atoms with Crippen molar-refractivity contribution >= 4 is 27.5 Å². The van der Waals surface area contributed by atoms with Crippen LogP contribution in [0.2, 0.25) is 0 Å². The first-order chi connectivity index (χ1) is 14.0. The van der Waals surface area contributed by atoms with E-state index in [4.69, 9.17) is 6.42 Å². The lowest BCUT2D eigenvalue weighted by Crippen LogP contribution is -2.35. The Morgan fingerprint density at radius 2 is 1.77 bits per heavy atom. The highest BCUT2D eigenvalue weighted by molar-refractivity contribution is 7.89. The topological polar surface area (TPSA) is 86.8 Å². The molecular formula is C22H25N3O4S. The monoisotopic (exact) mass is 427 g/mol. The smallest absolute Gasteiger partial charge is 0.254 e. The molecule has 0 saturated carbocycles. The molecule has 0 aliphatic carbocycles. The zero-order valence-corrected chi connectivity index (χ0v) is 18.5. The van der Waals surface area contributed by atoms with E-state index in [1.807, 2.05) is 0 Å². The van der Waals surface area contributed by atoms with Gasteiger partial charge in [-0.15, -0.1) is 6.42 Å².